The van der Waals surface area contributed by atoms with Crippen LogP contribution in [0, 0.1) is 17.8 Å². The SMILES string of the molecule is CCCCNC(=O)C(CC(O)C(CCOC(C)C)CC1(N)CCCCC1)C(C)C.Cl. The van der Waals surface area contributed by atoms with Gasteiger partial charge >= 0.3 is 0 Å². The molecule has 0 aromatic rings. The van der Waals surface area contributed by atoms with Crippen LogP contribution in [0.5, 0.6) is 0 Å². The van der Waals surface area contributed by atoms with Crippen molar-refractivity contribution in [1.82, 2.24) is 5.32 Å². The molecule has 0 aliphatic heterocycles. The number of ether oxygens (including phenoxy) is 1. The molecular formula is C24H49ClN2O3. The highest BCUT2D eigenvalue weighted by molar-refractivity contribution is 5.85. The fraction of sp³-hybridized carbons (Fsp3) is 0.958. The van der Waals surface area contributed by atoms with E-state index in [1.54, 1.807) is 0 Å². The third kappa shape index (κ3) is 11.3. The van der Waals surface area contributed by atoms with Gasteiger partial charge in [0.2, 0.25) is 5.91 Å². The first-order chi connectivity index (χ1) is 13.7. The largest absolute Gasteiger partial charge is 0.393 e. The van der Waals surface area contributed by atoms with Crippen LogP contribution in [-0.4, -0.2) is 41.9 Å². The van der Waals surface area contributed by atoms with Gasteiger partial charge in [0.25, 0.3) is 0 Å². The number of hydrogen-bond donors (Lipinski definition) is 3. The Kier molecular flexibility index (Phi) is 15.3. The first-order valence-electron chi connectivity index (χ1n) is 12.0. The van der Waals surface area contributed by atoms with Crippen molar-refractivity contribution in [2.45, 2.75) is 117 Å². The molecule has 0 aromatic heterocycles. The number of hydrogen-bond acceptors (Lipinski definition) is 4. The predicted molar refractivity (Wildman–Crippen MR) is 128 cm³/mol. The third-order valence-corrected chi connectivity index (χ3v) is 6.47. The maximum absolute atomic E-state index is 12.7. The van der Waals surface area contributed by atoms with Crippen LogP contribution in [0.2, 0.25) is 0 Å². The summed E-state index contributed by atoms with van der Waals surface area (Å²) in [4.78, 5) is 12.7. The molecule has 0 spiro atoms. The molecule has 1 aliphatic carbocycles. The molecule has 3 atom stereocenters. The highest BCUT2D eigenvalue weighted by Gasteiger charge is 2.35. The number of rotatable bonds is 14. The normalized spacial score (nSPS) is 19.2. The number of nitrogens with one attached hydrogen (secondary N) is 1. The molecule has 0 heterocycles. The molecule has 0 saturated heterocycles. The highest BCUT2D eigenvalue weighted by atomic mass is 35.5. The summed E-state index contributed by atoms with van der Waals surface area (Å²) in [7, 11) is 0. The van der Waals surface area contributed by atoms with E-state index in [2.05, 4.69) is 26.1 Å². The minimum atomic E-state index is -0.530. The van der Waals surface area contributed by atoms with Crippen molar-refractivity contribution in [3.05, 3.63) is 0 Å². The lowest BCUT2D eigenvalue weighted by Gasteiger charge is -2.38. The zero-order valence-electron chi connectivity index (χ0n) is 20.1. The van der Waals surface area contributed by atoms with E-state index in [1.165, 1.54) is 19.3 Å². The van der Waals surface area contributed by atoms with Crippen molar-refractivity contribution >= 4 is 18.3 Å². The number of carbonyl (C=O) groups is 1. The molecule has 0 bridgehead atoms. The average molecular weight is 449 g/mol. The van der Waals surface area contributed by atoms with Gasteiger partial charge in [-0.1, -0.05) is 46.5 Å². The summed E-state index contributed by atoms with van der Waals surface area (Å²) < 4.78 is 5.78. The molecule has 180 valence electrons. The van der Waals surface area contributed by atoms with Gasteiger partial charge in [0.15, 0.2) is 0 Å². The van der Waals surface area contributed by atoms with Crippen LogP contribution in [0.3, 0.4) is 0 Å². The van der Waals surface area contributed by atoms with Crippen LogP contribution in [-0.2, 0) is 9.53 Å². The predicted octanol–water partition coefficient (Wildman–Crippen LogP) is 4.83. The molecule has 0 aromatic carbocycles. The molecular weight excluding hydrogens is 400 g/mol. The Hall–Kier alpha value is -0.360. The maximum Gasteiger partial charge on any atom is 0.223 e. The first kappa shape index (κ1) is 29.6. The molecule has 5 nitrogen and oxygen atoms in total. The van der Waals surface area contributed by atoms with E-state index in [1.807, 2.05) is 13.8 Å². The average Bonchev–Trinajstić information content (AvgIpc) is 2.65. The fourth-order valence-electron chi connectivity index (χ4n) is 4.52. The van der Waals surface area contributed by atoms with Crippen molar-refractivity contribution in [3.63, 3.8) is 0 Å². The maximum atomic E-state index is 12.7. The molecule has 1 rings (SSSR count). The van der Waals surface area contributed by atoms with E-state index in [0.29, 0.717) is 19.6 Å². The van der Waals surface area contributed by atoms with Crippen molar-refractivity contribution in [2.24, 2.45) is 23.5 Å². The number of amides is 1. The van der Waals surface area contributed by atoms with Gasteiger partial charge in [-0.3, -0.25) is 4.79 Å². The van der Waals surface area contributed by atoms with Gasteiger partial charge in [-0.15, -0.1) is 12.4 Å². The molecule has 1 aliphatic rings. The number of aliphatic hydroxyl groups excluding tert-OH is 1. The third-order valence-electron chi connectivity index (χ3n) is 6.47. The second kappa shape index (κ2) is 15.4. The fourth-order valence-corrected chi connectivity index (χ4v) is 4.52. The molecule has 3 unspecified atom stereocenters. The number of nitrogens with two attached hydrogens (primary N) is 1. The molecule has 1 saturated carbocycles. The molecule has 1 amide bonds. The van der Waals surface area contributed by atoms with Gasteiger partial charge < -0.3 is 20.9 Å². The first-order valence-corrected chi connectivity index (χ1v) is 12.0. The summed E-state index contributed by atoms with van der Waals surface area (Å²) in [6, 6.07) is 0. The highest BCUT2D eigenvalue weighted by Crippen LogP contribution is 2.35. The van der Waals surface area contributed by atoms with Gasteiger partial charge in [0, 0.05) is 24.6 Å². The second-order valence-electron chi connectivity index (χ2n) is 9.89. The van der Waals surface area contributed by atoms with Gasteiger partial charge in [-0.05, 0) is 64.2 Å². The Morgan fingerprint density at radius 3 is 2.33 bits per heavy atom. The smallest absolute Gasteiger partial charge is 0.223 e. The van der Waals surface area contributed by atoms with Gasteiger partial charge in [-0.25, -0.2) is 0 Å². The lowest BCUT2D eigenvalue weighted by atomic mass is 9.73. The van der Waals surface area contributed by atoms with Crippen molar-refractivity contribution in [1.29, 1.82) is 0 Å². The van der Waals surface area contributed by atoms with Gasteiger partial charge in [0.05, 0.1) is 12.2 Å². The van der Waals surface area contributed by atoms with Crippen molar-refractivity contribution in [3.8, 4) is 0 Å². The minimum absolute atomic E-state index is 0. The van der Waals surface area contributed by atoms with Crippen LogP contribution in [0.25, 0.3) is 0 Å². The lowest BCUT2D eigenvalue weighted by molar-refractivity contribution is -0.128. The summed E-state index contributed by atoms with van der Waals surface area (Å²) in [5, 5.41) is 14.2. The molecule has 4 N–H and O–H groups in total. The van der Waals surface area contributed by atoms with E-state index >= 15 is 0 Å². The van der Waals surface area contributed by atoms with E-state index < -0.39 is 6.10 Å². The number of aliphatic hydroxyl groups is 1. The topological polar surface area (TPSA) is 84.6 Å². The second-order valence-corrected chi connectivity index (χ2v) is 9.89. The molecule has 6 heteroatoms. The Morgan fingerprint density at radius 1 is 1.17 bits per heavy atom. The lowest BCUT2D eigenvalue weighted by Crippen LogP contribution is -2.46. The Balaban J connectivity index is 0.00000841. The summed E-state index contributed by atoms with van der Waals surface area (Å²) >= 11 is 0. The van der Waals surface area contributed by atoms with Gasteiger partial charge in [0.1, 0.15) is 0 Å². The van der Waals surface area contributed by atoms with Crippen molar-refractivity contribution in [2.75, 3.05) is 13.2 Å². The molecule has 30 heavy (non-hydrogen) atoms. The number of unbranched alkanes of at least 4 members (excludes halogenated alkanes) is 1. The van der Waals surface area contributed by atoms with Crippen LogP contribution >= 0.6 is 12.4 Å². The van der Waals surface area contributed by atoms with Crippen LogP contribution in [0.1, 0.15) is 98.8 Å². The number of carbonyl (C=O) groups excluding carboxylic acids is 1. The Bertz CT molecular complexity index is 454. The standard InChI is InChI=1S/C24H48N2O3.ClH/c1-6-7-14-26-23(28)21(18(2)3)16-22(27)20(11-15-29-19(4)5)17-24(25)12-9-8-10-13-24;/h18-22,27H,6-17,25H2,1-5H3,(H,26,28);1H. The quantitative estimate of drug-likeness (QED) is 0.332. The van der Waals surface area contributed by atoms with Crippen LogP contribution in [0.15, 0.2) is 0 Å². The summed E-state index contributed by atoms with van der Waals surface area (Å²) in [6.07, 6.45) is 9.49. The molecule has 0 radical (unpaired) electrons. The summed E-state index contributed by atoms with van der Waals surface area (Å²) in [5.74, 6) is 0.169. The summed E-state index contributed by atoms with van der Waals surface area (Å²) in [6.45, 7) is 11.7. The van der Waals surface area contributed by atoms with Crippen molar-refractivity contribution < 1.29 is 14.6 Å². The van der Waals surface area contributed by atoms with E-state index in [-0.39, 0.29) is 47.7 Å². The summed E-state index contributed by atoms with van der Waals surface area (Å²) in [5.41, 5.74) is 6.55. The zero-order valence-corrected chi connectivity index (χ0v) is 20.9. The molecule has 1 fully saturated rings. The van der Waals surface area contributed by atoms with E-state index in [4.69, 9.17) is 10.5 Å². The van der Waals surface area contributed by atoms with Gasteiger partial charge in [-0.2, -0.15) is 0 Å². The van der Waals surface area contributed by atoms with Crippen LogP contribution < -0.4 is 11.1 Å². The van der Waals surface area contributed by atoms with E-state index in [9.17, 15) is 9.90 Å². The number of halogens is 1. The van der Waals surface area contributed by atoms with E-state index in [0.717, 1.165) is 38.5 Å². The zero-order chi connectivity index (χ0) is 21.9. The monoisotopic (exact) mass is 448 g/mol. The minimum Gasteiger partial charge on any atom is -0.393 e. The van der Waals surface area contributed by atoms with Crippen LogP contribution in [0.4, 0.5) is 0 Å². The Labute approximate surface area is 191 Å². The Morgan fingerprint density at radius 2 is 1.80 bits per heavy atom.